The monoisotopic (exact) mass is 325 g/mol. The molecular weight excluding hydrogens is 305 g/mol. The van der Waals surface area contributed by atoms with Gasteiger partial charge in [-0.2, -0.15) is 0 Å². The summed E-state index contributed by atoms with van der Waals surface area (Å²) in [6.07, 6.45) is 2.19. The van der Waals surface area contributed by atoms with Crippen molar-refractivity contribution < 1.29 is 13.9 Å². The zero-order valence-electron chi connectivity index (χ0n) is 13.7. The second-order valence-electron chi connectivity index (χ2n) is 6.52. The van der Waals surface area contributed by atoms with Crippen LogP contribution >= 0.6 is 0 Å². The van der Waals surface area contributed by atoms with Crippen LogP contribution in [0.3, 0.4) is 0 Å². The number of benzene rings is 2. The topological polar surface area (TPSA) is 31.2 Å². The lowest BCUT2D eigenvalue weighted by Crippen LogP contribution is -2.18. The van der Waals surface area contributed by atoms with Crippen molar-refractivity contribution in [2.75, 3.05) is 7.11 Å². The van der Waals surface area contributed by atoms with E-state index in [1.54, 1.807) is 0 Å². The lowest BCUT2D eigenvalue weighted by Gasteiger charge is -2.27. The Morgan fingerprint density at radius 3 is 2.50 bits per heavy atom. The van der Waals surface area contributed by atoms with E-state index in [4.69, 9.17) is 4.74 Å². The molecule has 124 valence electrons. The van der Waals surface area contributed by atoms with Gasteiger partial charge in [-0.15, -0.1) is 0 Å². The number of hydrogen-bond donors (Lipinski definition) is 0. The molecule has 2 aromatic carbocycles. The second-order valence-corrected chi connectivity index (χ2v) is 6.52. The number of fused-ring (bicyclic) bond motifs is 3. The Hall–Kier alpha value is -2.36. The van der Waals surface area contributed by atoms with Crippen molar-refractivity contribution in [3.63, 3.8) is 0 Å². The number of hydrogen-bond acceptors (Lipinski definition) is 2. The molecule has 0 bridgehead atoms. The van der Waals surface area contributed by atoms with Crippen molar-refractivity contribution in [3.8, 4) is 0 Å². The van der Waals surface area contributed by atoms with Crippen LogP contribution in [0.5, 0.6) is 0 Å². The maximum Gasteiger partial charge on any atom is 0.337 e. The smallest absolute Gasteiger partial charge is 0.337 e. The summed E-state index contributed by atoms with van der Waals surface area (Å²) in [6.45, 7) is 0. The normalized spacial score (nSPS) is 21.2. The average molecular weight is 325 g/mol. The molecule has 1 heterocycles. The zero-order chi connectivity index (χ0) is 16.7. The maximum atomic E-state index is 13.6. The first kappa shape index (κ1) is 15.2. The Labute approximate surface area is 140 Å². The standard InChI is InChI=1S/C20H20FNO2/c1-24-20(23)13-6-11-17-16-4-2-3-5-18(16)22(19(17)12-13)15-9-7-14(21)8-10-15/h2-6,11-12,14-15H,7-10H2,1H3/t14-,15+. The summed E-state index contributed by atoms with van der Waals surface area (Å²) in [4.78, 5) is 11.9. The first-order valence-corrected chi connectivity index (χ1v) is 8.44. The summed E-state index contributed by atoms with van der Waals surface area (Å²) >= 11 is 0. The second kappa shape index (κ2) is 5.93. The van der Waals surface area contributed by atoms with Gasteiger partial charge in [-0.25, -0.2) is 9.18 Å². The average Bonchev–Trinajstić information content (AvgIpc) is 2.95. The van der Waals surface area contributed by atoms with Crippen LogP contribution in [0, 0.1) is 0 Å². The van der Waals surface area contributed by atoms with Gasteiger partial charge in [-0.1, -0.05) is 24.3 Å². The molecule has 0 unspecified atom stereocenters. The molecule has 4 heteroatoms. The molecule has 1 saturated carbocycles. The number of ether oxygens (including phenoxy) is 1. The van der Waals surface area contributed by atoms with Gasteiger partial charge in [-0.05, 0) is 43.9 Å². The van der Waals surface area contributed by atoms with Crippen LogP contribution < -0.4 is 0 Å². The van der Waals surface area contributed by atoms with E-state index in [1.165, 1.54) is 12.5 Å². The minimum atomic E-state index is -0.681. The predicted octanol–water partition coefficient (Wildman–Crippen LogP) is 5.03. The molecule has 0 radical (unpaired) electrons. The minimum Gasteiger partial charge on any atom is -0.465 e. The van der Waals surface area contributed by atoms with Gasteiger partial charge in [0.15, 0.2) is 0 Å². The molecule has 1 aromatic heterocycles. The SMILES string of the molecule is COC(=O)c1ccc2c3ccccc3n([C@H]3CC[C@@H](F)CC3)c2c1. The van der Waals surface area contributed by atoms with Crippen molar-refractivity contribution in [2.45, 2.75) is 37.9 Å². The Balaban J connectivity index is 1.95. The van der Waals surface area contributed by atoms with Crippen LogP contribution in [0.1, 0.15) is 42.1 Å². The molecule has 1 aliphatic carbocycles. The molecule has 4 rings (SSSR count). The van der Waals surface area contributed by atoms with Crippen molar-refractivity contribution in [3.05, 3.63) is 48.0 Å². The lowest BCUT2D eigenvalue weighted by molar-refractivity contribution is 0.0601. The number of nitrogens with zero attached hydrogens (tertiary/aromatic N) is 1. The molecule has 3 aromatic rings. The third-order valence-electron chi connectivity index (χ3n) is 5.12. The number of carbonyl (C=O) groups is 1. The molecule has 3 nitrogen and oxygen atoms in total. The highest BCUT2D eigenvalue weighted by Gasteiger charge is 2.25. The fourth-order valence-corrected chi connectivity index (χ4v) is 3.93. The first-order valence-electron chi connectivity index (χ1n) is 8.44. The largest absolute Gasteiger partial charge is 0.465 e. The van der Waals surface area contributed by atoms with Gasteiger partial charge in [0, 0.05) is 22.3 Å². The summed E-state index contributed by atoms with van der Waals surface area (Å²) in [5, 5.41) is 2.30. The summed E-state index contributed by atoms with van der Waals surface area (Å²) in [5.41, 5.74) is 2.73. The van der Waals surface area contributed by atoms with Gasteiger partial charge in [0.1, 0.15) is 6.17 Å². The fourth-order valence-electron chi connectivity index (χ4n) is 3.93. The van der Waals surface area contributed by atoms with Gasteiger partial charge in [0.2, 0.25) is 0 Å². The quantitative estimate of drug-likeness (QED) is 0.619. The van der Waals surface area contributed by atoms with Gasteiger partial charge in [0.05, 0.1) is 18.2 Å². The van der Waals surface area contributed by atoms with Crippen LogP contribution in [-0.2, 0) is 4.74 Å². The van der Waals surface area contributed by atoms with E-state index in [1.807, 2.05) is 30.3 Å². The van der Waals surface area contributed by atoms with Crippen LogP contribution in [-0.4, -0.2) is 23.8 Å². The van der Waals surface area contributed by atoms with Gasteiger partial charge in [0.25, 0.3) is 0 Å². The number of carbonyl (C=O) groups excluding carboxylic acids is 1. The van der Waals surface area contributed by atoms with E-state index in [2.05, 4.69) is 16.7 Å². The summed E-state index contributed by atoms with van der Waals surface area (Å²) in [6, 6.07) is 14.2. The van der Waals surface area contributed by atoms with Gasteiger partial charge >= 0.3 is 5.97 Å². The van der Waals surface area contributed by atoms with E-state index in [0.29, 0.717) is 18.4 Å². The number of alkyl halides is 1. The Kier molecular flexibility index (Phi) is 3.75. The highest BCUT2D eigenvalue weighted by Crippen LogP contribution is 2.38. The Morgan fingerprint density at radius 2 is 1.75 bits per heavy atom. The van der Waals surface area contributed by atoms with E-state index >= 15 is 0 Å². The highest BCUT2D eigenvalue weighted by molar-refractivity contribution is 6.09. The number of esters is 1. The number of methoxy groups -OCH3 is 1. The molecule has 0 N–H and O–H groups in total. The van der Waals surface area contributed by atoms with Crippen LogP contribution in [0.4, 0.5) is 4.39 Å². The van der Waals surface area contributed by atoms with Gasteiger partial charge in [-0.3, -0.25) is 0 Å². The summed E-state index contributed by atoms with van der Waals surface area (Å²) in [7, 11) is 1.39. The van der Waals surface area contributed by atoms with E-state index in [9.17, 15) is 9.18 Å². The van der Waals surface area contributed by atoms with Crippen molar-refractivity contribution in [2.24, 2.45) is 0 Å². The summed E-state index contributed by atoms with van der Waals surface area (Å²) < 4.78 is 20.7. The molecule has 0 atom stereocenters. The molecule has 1 fully saturated rings. The summed E-state index contributed by atoms with van der Waals surface area (Å²) in [5.74, 6) is -0.332. The van der Waals surface area contributed by atoms with Crippen LogP contribution in [0.2, 0.25) is 0 Å². The van der Waals surface area contributed by atoms with Crippen LogP contribution in [0.25, 0.3) is 21.8 Å². The molecule has 0 aliphatic heterocycles. The molecule has 0 amide bonds. The van der Waals surface area contributed by atoms with Crippen molar-refractivity contribution >= 4 is 27.8 Å². The Bertz CT molecular complexity index is 907. The number of para-hydroxylation sites is 1. The van der Waals surface area contributed by atoms with Crippen LogP contribution in [0.15, 0.2) is 42.5 Å². The lowest BCUT2D eigenvalue weighted by atomic mass is 9.93. The predicted molar refractivity (Wildman–Crippen MR) is 93.2 cm³/mol. The molecule has 0 spiro atoms. The Morgan fingerprint density at radius 1 is 1.04 bits per heavy atom. The third kappa shape index (κ3) is 2.37. The molecule has 1 aliphatic rings. The number of halogens is 1. The fraction of sp³-hybridized carbons (Fsp3) is 0.350. The highest BCUT2D eigenvalue weighted by atomic mass is 19.1. The molecule has 0 saturated heterocycles. The van der Waals surface area contributed by atoms with Crippen molar-refractivity contribution in [1.29, 1.82) is 0 Å². The van der Waals surface area contributed by atoms with E-state index in [0.717, 1.165) is 29.3 Å². The third-order valence-corrected chi connectivity index (χ3v) is 5.12. The molecular formula is C20H20FNO2. The van der Waals surface area contributed by atoms with Crippen molar-refractivity contribution in [1.82, 2.24) is 4.57 Å². The number of aromatic nitrogens is 1. The number of rotatable bonds is 2. The zero-order valence-corrected chi connectivity index (χ0v) is 13.7. The van der Waals surface area contributed by atoms with E-state index < -0.39 is 6.17 Å². The minimum absolute atomic E-state index is 0.271. The first-order chi connectivity index (χ1) is 11.7. The van der Waals surface area contributed by atoms with Gasteiger partial charge < -0.3 is 9.30 Å². The van der Waals surface area contributed by atoms with E-state index in [-0.39, 0.29) is 12.0 Å². The molecule has 24 heavy (non-hydrogen) atoms. The maximum absolute atomic E-state index is 13.6.